The van der Waals surface area contributed by atoms with Crippen molar-refractivity contribution in [3.63, 3.8) is 0 Å². The summed E-state index contributed by atoms with van der Waals surface area (Å²) in [6, 6.07) is 3.38. The van der Waals surface area contributed by atoms with Crippen molar-refractivity contribution in [3.05, 3.63) is 32.8 Å². The molecule has 1 aliphatic rings. The van der Waals surface area contributed by atoms with Crippen molar-refractivity contribution in [2.75, 3.05) is 5.32 Å². The fourth-order valence-electron chi connectivity index (χ4n) is 1.63. The molecule has 0 atom stereocenters. The third-order valence-electron chi connectivity index (χ3n) is 2.91. The molecule has 0 bridgehead atoms. The molecule has 0 aliphatic heterocycles. The van der Waals surface area contributed by atoms with Crippen molar-refractivity contribution in [2.24, 2.45) is 0 Å². The smallest absolute Gasteiger partial charge is 0.329 e. The van der Waals surface area contributed by atoms with Crippen molar-refractivity contribution in [1.29, 1.82) is 0 Å². The van der Waals surface area contributed by atoms with Gasteiger partial charge in [0.15, 0.2) is 0 Å². The van der Waals surface area contributed by atoms with Crippen LogP contribution in [-0.2, 0) is 4.79 Å². The van der Waals surface area contributed by atoms with Crippen LogP contribution in [0.4, 0.5) is 16.2 Å². The zero-order valence-electron chi connectivity index (χ0n) is 10.1. The van der Waals surface area contributed by atoms with Crippen LogP contribution in [0.5, 0.6) is 0 Å². The number of urea groups is 1. The Hall–Kier alpha value is -2.16. The van der Waals surface area contributed by atoms with E-state index in [1.165, 1.54) is 18.2 Å². The summed E-state index contributed by atoms with van der Waals surface area (Å²) in [5.74, 6) is -1.09. The fraction of sp³-hybridized carbons (Fsp3) is 0.273. The second-order valence-electron chi connectivity index (χ2n) is 4.39. The van der Waals surface area contributed by atoms with Crippen LogP contribution in [0.25, 0.3) is 0 Å². The van der Waals surface area contributed by atoms with Crippen molar-refractivity contribution in [1.82, 2.24) is 5.32 Å². The summed E-state index contributed by atoms with van der Waals surface area (Å²) in [6.07, 6.45) is 0.743. The topological polar surface area (TPSA) is 122 Å². The molecule has 1 aromatic rings. The summed E-state index contributed by atoms with van der Waals surface area (Å²) < 4.78 is 0.289. The minimum Gasteiger partial charge on any atom is -0.480 e. The maximum atomic E-state index is 11.7. The van der Waals surface area contributed by atoms with Gasteiger partial charge in [-0.1, -0.05) is 0 Å². The number of nitro groups is 1. The van der Waals surface area contributed by atoms with Crippen LogP contribution >= 0.6 is 15.9 Å². The first-order valence-electron chi connectivity index (χ1n) is 5.60. The lowest BCUT2D eigenvalue weighted by molar-refractivity contribution is -0.385. The molecule has 3 N–H and O–H groups in total. The van der Waals surface area contributed by atoms with Crippen molar-refractivity contribution in [2.45, 2.75) is 18.4 Å². The number of rotatable bonds is 4. The third kappa shape index (κ3) is 2.87. The number of carboxylic acid groups (broad SMARTS) is 1. The number of nitrogens with zero attached hydrogens (tertiary/aromatic N) is 1. The molecule has 0 aromatic heterocycles. The minimum absolute atomic E-state index is 0.192. The van der Waals surface area contributed by atoms with Gasteiger partial charge in [-0.25, -0.2) is 9.59 Å². The van der Waals surface area contributed by atoms with Gasteiger partial charge >= 0.3 is 12.0 Å². The highest BCUT2D eigenvalue weighted by Gasteiger charge is 2.51. The number of hydrogen-bond donors (Lipinski definition) is 3. The van der Waals surface area contributed by atoms with Gasteiger partial charge in [-0.3, -0.25) is 10.1 Å². The summed E-state index contributed by atoms with van der Waals surface area (Å²) in [7, 11) is 0. The summed E-state index contributed by atoms with van der Waals surface area (Å²) in [5.41, 5.74) is -1.19. The maximum Gasteiger partial charge on any atom is 0.329 e. The molecule has 9 heteroatoms. The molecule has 0 unspecified atom stereocenters. The number of carbonyl (C=O) groups excluding carboxylic acids is 1. The lowest BCUT2D eigenvalue weighted by Crippen LogP contribution is -2.45. The van der Waals surface area contributed by atoms with Crippen molar-refractivity contribution >= 4 is 39.3 Å². The van der Waals surface area contributed by atoms with Crippen LogP contribution in [0.3, 0.4) is 0 Å². The van der Waals surface area contributed by atoms with E-state index in [0.29, 0.717) is 12.8 Å². The number of aliphatic carboxylic acids is 1. The maximum absolute atomic E-state index is 11.7. The lowest BCUT2D eigenvalue weighted by atomic mass is 10.2. The Morgan fingerprint density at radius 2 is 2.05 bits per heavy atom. The lowest BCUT2D eigenvalue weighted by Gasteiger charge is -2.13. The van der Waals surface area contributed by atoms with E-state index < -0.39 is 22.5 Å². The van der Waals surface area contributed by atoms with Gasteiger partial charge in [0.1, 0.15) is 5.54 Å². The Morgan fingerprint density at radius 1 is 1.40 bits per heavy atom. The minimum atomic E-state index is -1.20. The van der Waals surface area contributed by atoms with Gasteiger partial charge in [0.2, 0.25) is 0 Å². The molecule has 2 amide bonds. The Balaban J connectivity index is 2.07. The second-order valence-corrected chi connectivity index (χ2v) is 5.24. The van der Waals surface area contributed by atoms with E-state index in [-0.39, 0.29) is 15.8 Å². The third-order valence-corrected chi connectivity index (χ3v) is 3.58. The number of anilines is 1. The molecule has 0 heterocycles. The van der Waals surface area contributed by atoms with Crippen LogP contribution < -0.4 is 10.6 Å². The molecule has 1 saturated carbocycles. The molecule has 1 aliphatic carbocycles. The van der Waals surface area contributed by atoms with E-state index in [1.807, 2.05) is 0 Å². The van der Waals surface area contributed by atoms with E-state index >= 15 is 0 Å². The molecule has 20 heavy (non-hydrogen) atoms. The number of nitro benzene ring substituents is 1. The molecule has 2 rings (SSSR count). The van der Waals surface area contributed by atoms with Crippen LogP contribution in [0.1, 0.15) is 12.8 Å². The highest BCUT2D eigenvalue weighted by atomic mass is 79.9. The van der Waals surface area contributed by atoms with E-state index in [2.05, 4.69) is 26.6 Å². The molecule has 0 saturated heterocycles. The Kier molecular flexibility index (Phi) is 3.62. The molecular weight excluding hydrogens is 334 g/mol. The van der Waals surface area contributed by atoms with Gasteiger partial charge in [-0.2, -0.15) is 0 Å². The monoisotopic (exact) mass is 343 g/mol. The standard InChI is InChI=1S/C11H10BrN3O5/c12-7-2-1-6(5-8(7)15(19)20)13-10(18)14-11(3-4-11)9(16)17/h1-2,5H,3-4H2,(H,16,17)(H2,13,14,18). The summed E-state index contributed by atoms with van der Waals surface area (Å²) in [6.45, 7) is 0. The van der Waals surface area contributed by atoms with Gasteiger partial charge in [0.05, 0.1) is 9.40 Å². The predicted octanol–water partition coefficient (Wildman–Crippen LogP) is 2.10. The number of carboxylic acids is 1. The SMILES string of the molecule is O=C(Nc1ccc(Br)c([N+](=O)[O-])c1)NC1(C(=O)O)CC1. The van der Waals surface area contributed by atoms with Crippen LogP contribution in [0.15, 0.2) is 22.7 Å². The molecular formula is C11H10BrN3O5. The predicted molar refractivity (Wildman–Crippen MR) is 72.6 cm³/mol. The quantitative estimate of drug-likeness (QED) is 0.570. The van der Waals surface area contributed by atoms with Crippen LogP contribution in [-0.4, -0.2) is 27.6 Å². The highest BCUT2D eigenvalue weighted by molar-refractivity contribution is 9.10. The first-order valence-corrected chi connectivity index (χ1v) is 6.40. The van der Waals surface area contributed by atoms with E-state index in [9.17, 15) is 19.7 Å². The summed E-state index contributed by atoms with van der Waals surface area (Å²) >= 11 is 3.03. The average molecular weight is 344 g/mol. The summed E-state index contributed by atoms with van der Waals surface area (Å²) in [4.78, 5) is 32.8. The zero-order chi connectivity index (χ0) is 14.9. The fourth-order valence-corrected chi connectivity index (χ4v) is 2.02. The number of hydrogen-bond acceptors (Lipinski definition) is 4. The molecule has 1 fully saturated rings. The Bertz CT molecular complexity index is 600. The van der Waals surface area contributed by atoms with Crippen LogP contribution in [0, 0.1) is 10.1 Å². The number of carbonyl (C=O) groups is 2. The van der Waals surface area contributed by atoms with Gasteiger partial charge in [0, 0.05) is 11.8 Å². The van der Waals surface area contributed by atoms with E-state index in [0.717, 1.165) is 0 Å². The number of nitrogens with one attached hydrogen (secondary N) is 2. The average Bonchev–Trinajstić information content (AvgIpc) is 3.12. The molecule has 8 nitrogen and oxygen atoms in total. The zero-order valence-corrected chi connectivity index (χ0v) is 11.6. The number of amides is 2. The Morgan fingerprint density at radius 3 is 2.55 bits per heavy atom. The molecule has 0 radical (unpaired) electrons. The molecule has 1 aromatic carbocycles. The number of benzene rings is 1. The van der Waals surface area contributed by atoms with Crippen molar-refractivity contribution < 1.29 is 19.6 Å². The van der Waals surface area contributed by atoms with Crippen molar-refractivity contribution in [3.8, 4) is 0 Å². The molecule has 0 spiro atoms. The molecule has 106 valence electrons. The van der Waals surface area contributed by atoms with Gasteiger partial charge in [-0.05, 0) is 40.9 Å². The van der Waals surface area contributed by atoms with E-state index in [1.54, 1.807) is 0 Å². The van der Waals surface area contributed by atoms with E-state index in [4.69, 9.17) is 5.11 Å². The first-order chi connectivity index (χ1) is 9.34. The van der Waals surface area contributed by atoms with Gasteiger partial charge < -0.3 is 15.7 Å². The van der Waals surface area contributed by atoms with Crippen LogP contribution in [0.2, 0.25) is 0 Å². The van der Waals surface area contributed by atoms with Gasteiger partial charge in [-0.15, -0.1) is 0 Å². The highest BCUT2D eigenvalue weighted by Crippen LogP contribution is 2.35. The first kappa shape index (κ1) is 14.3. The normalized spacial score (nSPS) is 15.2. The second kappa shape index (κ2) is 5.08. The Labute approximate surface area is 121 Å². The van der Waals surface area contributed by atoms with Gasteiger partial charge in [0.25, 0.3) is 5.69 Å². The number of halogens is 1. The summed E-state index contributed by atoms with van der Waals surface area (Å²) in [5, 5.41) is 24.4. The largest absolute Gasteiger partial charge is 0.480 e.